The van der Waals surface area contributed by atoms with Crippen LogP contribution in [0.2, 0.25) is 0 Å². The Morgan fingerprint density at radius 3 is 1.85 bits per heavy atom. The van der Waals surface area contributed by atoms with Gasteiger partial charge in [0.2, 0.25) is 5.70 Å². The maximum absolute atomic E-state index is 11.0. The zero-order chi connectivity index (χ0) is 19.3. The topological polar surface area (TPSA) is 60.2 Å². The van der Waals surface area contributed by atoms with Crippen LogP contribution in [0.1, 0.15) is 58.3 Å². The largest absolute Gasteiger partial charge is 0.303 e. The second kappa shape index (κ2) is 18.8. The van der Waals surface area contributed by atoms with E-state index in [1.165, 1.54) is 0 Å². The molecule has 0 aromatic carbocycles. The molecule has 4 heteroatoms. The molecule has 0 saturated carbocycles. The van der Waals surface area contributed by atoms with E-state index in [4.69, 9.17) is 0 Å². The highest BCUT2D eigenvalue weighted by Crippen LogP contribution is 2.06. The molecule has 0 aliphatic carbocycles. The zero-order valence-corrected chi connectivity index (χ0v) is 15.8. The van der Waals surface area contributed by atoms with E-state index < -0.39 is 0 Å². The first-order valence-electron chi connectivity index (χ1n) is 9.24. The summed E-state index contributed by atoms with van der Waals surface area (Å²) in [6, 6.07) is 0. The average Bonchev–Trinajstić information content (AvgIpc) is 2.63. The summed E-state index contributed by atoms with van der Waals surface area (Å²) in [5.41, 5.74) is 0.202. The van der Waals surface area contributed by atoms with Crippen LogP contribution in [0, 0.1) is 10.1 Å². The van der Waals surface area contributed by atoms with Crippen LogP contribution in [0.15, 0.2) is 72.5 Å². The fourth-order valence-electron chi connectivity index (χ4n) is 2.00. The number of hydrogen-bond donors (Lipinski definition) is 0. The zero-order valence-electron chi connectivity index (χ0n) is 15.8. The predicted molar refractivity (Wildman–Crippen MR) is 109 cm³/mol. The van der Waals surface area contributed by atoms with Gasteiger partial charge in [-0.15, -0.1) is 0 Å². The third-order valence-electron chi connectivity index (χ3n) is 3.39. The summed E-state index contributed by atoms with van der Waals surface area (Å²) >= 11 is 0. The number of unbranched alkanes of at least 4 members (excludes halogenated alkanes) is 1. The molecule has 0 amide bonds. The van der Waals surface area contributed by atoms with E-state index in [0.717, 1.165) is 32.0 Å². The molecule has 0 aliphatic heterocycles. The summed E-state index contributed by atoms with van der Waals surface area (Å²) in [5, 5.41) is 11.0. The molecule has 0 radical (unpaired) electrons. The molecule has 0 saturated heterocycles. The first-order chi connectivity index (χ1) is 12.7. The van der Waals surface area contributed by atoms with Gasteiger partial charge >= 0.3 is 0 Å². The number of nitro groups is 1. The van der Waals surface area contributed by atoms with Crippen LogP contribution in [0.4, 0.5) is 0 Å². The van der Waals surface area contributed by atoms with Crippen molar-refractivity contribution in [3.05, 3.63) is 82.6 Å². The van der Waals surface area contributed by atoms with Crippen LogP contribution in [0.25, 0.3) is 0 Å². The number of hydrogen-bond acceptors (Lipinski definition) is 3. The number of nitrogens with zero attached hydrogens (tertiary/aromatic N) is 1. The van der Waals surface area contributed by atoms with Gasteiger partial charge < -0.3 is 4.79 Å². The molecule has 26 heavy (non-hydrogen) atoms. The lowest BCUT2D eigenvalue weighted by Gasteiger charge is -1.93. The van der Waals surface area contributed by atoms with Crippen molar-refractivity contribution in [1.82, 2.24) is 0 Å². The Kier molecular flexibility index (Phi) is 17.0. The van der Waals surface area contributed by atoms with Crippen LogP contribution in [-0.2, 0) is 4.79 Å². The summed E-state index contributed by atoms with van der Waals surface area (Å²) in [6.45, 7) is 2.12. The summed E-state index contributed by atoms with van der Waals surface area (Å²) in [5.74, 6) is 0. The van der Waals surface area contributed by atoms with Crippen molar-refractivity contribution in [2.45, 2.75) is 58.3 Å². The lowest BCUT2D eigenvalue weighted by molar-refractivity contribution is -0.427. The van der Waals surface area contributed by atoms with Crippen molar-refractivity contribution in [1.29, 1.82) is 0 Å². The minimum atomic E-state index is -0.336. The molecule has 0 unspecified atom stereocenters. The van der Waals surface area contributed by atoms with E-state index in [1.54, 1.807) is 6.08 Å². The molecule has 0 bridgehead atoms. The van der Waals surface area contributed by atoms with Crippen LogP contribution >= 0.6 is 0 Å². The number of carbonyl (C=O) groups excluding carboxylic acids is 1. The molecule has 0 aromatic rings. The van der Waals surface area contributed by atoms with Crippen molar-refractivity contribution in [3.63, 3.8) is 0 Å². The van der Waals surface area contributed by atoms with Gasteiger partial charge in [0.1, 0.15) is 6.29 Å². The summed E-state index contributed by atoms with van der Waals surface area (Å²) in [6.07, 6.45) is 28.5. The minimum Gasteiger partial charge on any atom is -0.303 e. The Labute approximate surface area is 157 Å². The van der Waals surface area contributed by atoms with E-state index in [9.17, 15) is 14.9 Å². The molecule has 0 fully saturated rings. The normalized spacial score (nSPS) is 13.2. The molecular weight excluding hydrogens is 326 g/mol. The van der Waals surface area contributed by atoms with Gasteiger partial charge in [-0.1, -0.05) is 67.7 Å². The highest BCUT2D eigenvalue weighted by molar-refractivity contribution is 5.49. The van der Waals surface area contributed by atoms with Gasteiger partial charge in [-0.05, 0) is 44.6 Å². The van der Waals surface area contributed by atoms with E-state index in [0.29, 0.717) is 25.7 Å². The van der Waals surface area contributed by atoms with Crippen LogP contribution in [0.5, 0.6) is 0 Å². The minimum absolute atomic E-state index is 0.202. The van der Waals surface area contributed by atoms with E-state index in [2.05, 4.69) is 43.4 Å². The maximum Gasteiger partial charge on any atom is 0.246 e. The van der Waals surface area contributed by atoms with Gasteiger partial charge in [-0.3, -0.25) is 10.1 Å². The fourth-order valence-corrected chi connectivity index (χ4v) is 2.00. The monoisotopic (exact) mass is 357 g/mol. The molecule has 0 aliphatic rings. The second-order valence-corrected chi connectivity index (χ2v) is 5.61. The Bertz CT molecular complexity index is 552. The lowest BCUT2D eigenvalue weighted by atomic mass is 10.2. The maximum atomic E-state index is 11.0. The summed E-state index contributed by atoms with van der Waals surface area (Å²) in [7, 11) is 0. The standard InChI is InChI=1S/C22H31NO3/c1-2-3-4-5-6-7-8-9-10-11-13-16-19-22(23(25)26)20-17-14-12-15-18-21-24/h3-4,6-7,9-10,12-14,16,20-21H,2,5,8,11,15,17-19H2,1H3/b4-3-,7-6-,10-9-,14-12-,16-13-,22-20+. The van der Waals surface area contributed by atoms with Crippen molar-refractivity contribution in [2.24, 2.45) is 0 Å². The van der Waals surface area contributed by atoms with Gasteiger partial charge in [-0.25, -0.2) is 0 Å². The van der Waals surface area contributed by atoms with Gasteiger partial charge in [0.15, 0.2) is 0 Å². The Balaban J connectivity index is 4.04. The molecule has 0 atom stereocenters. The van der Waals surface area contributed by atoms with Gasteiger partial charge in [0, 0.05) is 6.42 Å². The van der Waals surface area contributed by atoms with Crippen molar-refractivity contribution < 1.29 is 9.72 Å². The second-order valence-electron chi connectivity index (χ2n) is 5.61. The molecule has 0 spiro atoms. The molecule has 142 valence electrons. The van der Waals surface area contributed by atoms with Crippen molar-refractivity contribution in [2.75, 3.05) is 0 Å². The molecule has 4 nitrogen and oxygen atoms in total. The van der Waals surface area contributed by atoms with E-state index >= 15 is 0 Å². The number of aldehydes is 1. The van der Waals surface area contributed by atoms with Crippen molar-refractivity contribution in [3.8, 4) is 0 Å². The molecule has 0 aromatic heterocycles. The average molecular weight is 357 g/mol. The summed E-state index contributed by atoms with van der Waals surface area (Å²) in [4.78, 5) is 20.8. The molecular formula is C22H31NO3. The molecule has 0 N–H and O–H groups in total. The van der Waals surface area contributed by atoms with Crippen LogP contribution < -0.4 is 0 Å². The van der Waals surface area contributed by atoms with Crippen molar-refractivity contribution >= 4 is 6.29 Å². The SMILES string of the molecule is CC/C=C\C/C=C\C/C=C\C/C=C\C/C(=C\C/C=C\CCC=O)[N+](=O)[O-]. The third kappa shape index (κ3) is 16.4. The number of rotatable bonds is 15. The Hall–Kier alpha value is -2.49. The van der Waals surface area contributed by atoms with Gasteiger partial charge in [0.05, 0.1) is 11.3 Å². The fraction of sp³-hybridized carbons (Fsp3) is 0.409. The molecule has 0 rings (SSSR count). The van der Waals surface area contributed by atoms with Gasteiger partial charge in [-0.2, -0.15) is 0 Å². The van der Waals surface area contributed by atoms with E-state index in [-0.39, 0.29) is 10.6 Å². The van der Waals surface area contributed by atoms with Gasteiger partial charge in [0.25, 0.3) is 0 Å². The predicted octanol–water partition coefficient (Wildman–Crippen LogP) is 6.27. The van der Waals surface area contributed by atoms with Crippen LogP contribution in [0.3, 0.4) is 0 Å². The number of carbonyl (C=O) groups is 1. The highest BCUT2D eigenvalue weighted by atomic mass is 16.6. The first kappa shape index (κ1) is 23.5. The summed E-state index contributed by atoms with van der Waals surface area (Å²) < 4.78 is 0. The Morgan fingerprint density at radius 1 is 0.769 bits per heavy atom. The quantitative estimate of drug-likeness (QED) is 0.114. The number of allylic oxidation sites excluding steroid dienone is 11. The first-order valence-corrected chi connectivity index (χ1v) is 9.24. The third-order valence-corrected chi connectivity index (χ3v) is 3.39. The van der Waals surface area contributed by atoms with E-state index in [1.807, 2.05) is 24.3 Å². The highest BCUT2D eigenvalue weighted by Gasteiger charge is 2.06. The van der Waals surface area contributed by atoms with Crippen LogP contribution in [-0.4, -0.2) is 11.2 Å². The Morgan fingerprint density at radius 2 is 1.31 bits per heavy atom. The molecule has 0 heterocycles. The lowest BCUT2D eigenvalue weighted by Crippen LogP contribution is -1.97. The smallest absolute Gasteiger partial charge is 0.246 e.